The molecule has 3 heterocycles. The van der Waals surface area contributed by atoms with E-state index in [9.17, 15) is 9.59 Å². The number of H-pyrrole nitrogens is 1. The number of likely N-dealkylation sites (tertiary alicyclic amines) is 1. The summed E-state index contributed by atoms with van der Waals surface area (Å²) in [6.45, 7) is 6.60. The zero-order chi connectivity index (χ0) is 17.3. The molecular weight excluding hydrogens is 374 g/mol. The van der Waals surface area contributed by atoms with Gasteiger partial charge in [0.25, 0.3) is 5.91 Å². The molecule has 3 rings (SSSR count). The number of piperazine rings is 1. The van der Waals surface area contributed by atoms with E-state index in [1.165, 1.54) is 0 Å². The summed E-state index contributed by atoms with van der Waals surface area (Å²) in [6, 6.07) is 0. The van der Waals surface area contributed by atoms with Gasteiger partial charge in [0.15, 0.2) is 5.69 Å². The first-order valence-corrected chi connectivity index (χ1v) is 9.23. The van der Waals surface area contributed by atoms with E-state index in [1.807, 2.05) is 11.8 Å². The molecule has 2 amide bonds. The van der Waals surface area contributed by atoms with Crippen LogP contribution in [0.3, 0.4) is 0 Å². The maximum Gasteiger partial charge on any atom is 0.275 e. The number of likely N-dealkylation sites (N-methyl/N-ethyl adjacent to an activating group) is 1. The van der Waals surface area contributed by atoms with Gasteiger partial charge in [0.1, 0.15) is 0 Å². The van der Waals surface area contributed by atoms with E-state index in [4.69, 9.17) is 0 Å². The van der Waals surface area contributed by atoms with Crippen molar-refractivity contribution < 1.29 is 9.59 Å². The Bertz CT molecular complexity index is 616. The number of hydrogen-bond acceptors (Lipinski definition) is 4. The lowest BCUT2D eigenvalue weighted by Crippen LogP contribution is -2.51. The zero-order valence-electron chi connectivity index (χ0n) is 14.2. The van der Waals surface area contributed by atoms with Crippen molar-refractivity contribution in [2.24, 2.45) is 5.92 Å². The molecule has 0 unspecified atom stereocenters. The van der Waals surface area contributed by atoms with Crippen LogP contribution in [0.5, 0.6) is 0 Å². The summed E-state index contributed by atoms with van der Waals surface area (Å²) in [7, 11) is 2.08. The van der Waals surface area contributed by atoms with Crippen molar-refractivity contribution >= 4 is 27.7 Å². The molecule has 0 atom stereocenters. The standard InChI is InChI=1S/C16H24BrN5O2/c1-11-13(17)14(19-18-11)16(24)21-5-3-12(4-6-21)15(23)22-9-7-20(2)8-10-22/h12H,3-10H2,1-2H3,(H,18,19). The Kier molecular flexibility index (Phi) is 5.24. The van der Waals surface area contributed by atoms with Crippen LogP contribution in [-0.4, -0.2) is 83.0 Å². The van der Waals surface area contributed by atoms with Crippen LogP contribution in [0, 0.1) is 12.8 Å². The fourth-order valence-corrected chi connectivity index (χ4v) is 3.67. The highest BCUT2D eigenvalue weighted by molar-refractivity contribution is 9.10. The molecule has 1 aromatic heterocycles. The van der Waals surface area contributed by atoms with Crippen LogP contribution in [0.25, 0.3) is 0 Å². The number of aromatic amines is 1. The van der Waals surface area contributed by atoms with Crippen LogP contribution >= 0.6 is 15.9 Å². The van der Waals surface area contributed by atoms with Gasteiger partial charge in [-0.2, -0.15) is 5.10 Å². The fraction of sp³-hybridized carbons (Fsp3) is 0.688. The molecule has 7 nitrogen and oxygen atoms in total. The van der Waals surface area contributed by atoms with E-state index in [1.54, 1.807) is 4.90 Å². The molecule has 8 heteroatoms. The van der Waals surface area contributed by atoms with Gasteiger partial charge in [0.05, 0.1) is 4.47 Å². The van der Waals surface area contributed by atoms with Gasteiger partial charge in [0, 0.05) is 50.9 Å². The minimum Gasteiger partial charge on any atom is -0.340 e. The molecule has 0 aliphatic carbocycles. The number of nitrogens with one attached hydrogen (secondary N) is 1. The van der Waals surface area contributed by atoms with Crippen molar-refractivity contribution in [3.05, 3.63) is 15.9 Å². The molecule has 0 spiro atoms. The second-order valence-corrected chi connectivity index (χ2v) is 7.50. The van der Waals surface area contributed by atoms with Gasteiger partial charge in [-0.25, -0.2) is 0 Å². The van der Waals surface area contributed by atoms with Crippen LogP contribution in [-0.2, 0) is 4.79 Å². The van der Waals surface area contributed by atoms with Gasteiger partial charge in [-0.3, -0.25) is 14.7 Å². The monoisotopic (exact) mass is 397 g/mol. The zero-order valence-corrected chi connectivity index (χ0v) is 15.8. The molecule has 1 aromatic rings. The molecule has 2 fully saturated rings. The molecule has 24 heavy (non-hydrogen) atoms. The average molecular weight is 398 g/mol. The molecule has 0 aromatic carbocycles. The Hall–Kier alpha value is -1.41. The maximum absolute atomic E-state index is 12.6. The highest BCUT2D eigenvalue weighted by atomic mass is 79.9. The van der Waals surface area contributed by atoms with Crippen molar-refractivity contribution in [1.29, 1.82) is 0 Å². The minimum absolute atomic E-state index is 0.0433. The third-order valence-corrected chi connectivity index (χ3v) is 5.99. The van der Waals surface area contributed by atoms with Crippen molar-refractivity contribution in [2.45, 2.75) is 19.8 Å². The number of piperidine rings is 1. The average Bonchev–Trinajstić information content (AvgIpc) is 2.94. The highest BCUT2D eigenvalue weighted by Gasteiger charge is 2.32. The first-order valence-electron chi connectivity index (χ1n) is 8.44. The third-order valence-electron chi connectivity index (χ3n) is 5.02. The van der Waals surface area contributed by atoms with Gasteiger partial charge < -0.3 is 14.7 Å². The summed E-state index contributed by atoms with van der Waals surface area (Å²) in [5, 5.41) is 6.90. The van der Waals surface area contributed by atoms with Crippen LogP contribution in [0.1, 0.15) is 29.0 Å². The Balaban J connectivity index is 1.55. The van der Waals surface area contributed by atoms with Crippen LogP contribution < -0.4 is 0 Å². The van der Waals surface area contributed by atoms with Crippen LogP contribution in [0.2, 0.25) is 0 Å². The summed E-state index contributed by atoms with van der Waals surface area (Å²) in [5.41, 5.74) is 1.27. The summed E-state index contributed by atoms with van der Waals surface area (Å²) < 4.78 is 0.725. The number of nitrogens with zero attached hydrogens (tertiary/aromatic N) is 4. The van der Waals surface area contributed by atoms with Crippen LogP contribution in [0.15, 0.2) is 4.47 Å². The van der Waals surface area contributed by atoms with Crippen molar-refractivity contribution in [3.8, 4) is 0 Å². The number of halogens is 1. The van der Waals surface area contributed by atoms with Gasteiger partial charge in [-0.1, -0.05) is 0 Å². The fourth-order valence-electron chi connectivity index (χ4n) is 3.32. The number of aryl methyl sites for hydroxylation is 1. The lowest BCUT2D eigenvalue weighted by molar-refractivity contribution is -0.138. The van der Waals surface area contributed by atoms with Gasteiger partial charge in [-0.05, 0) is 42.7 Å². The number of carbonyl (C=O) groups excluding carboxylic acids is 2. The highest BCUT2D eigenvalue weighted by Crippen LogP contribution is 2.24. The summed E-state index contributed by atoms with van der Waals surface area (Å²) in [6.07, 6.45) is 1.47. The first-order chi connectivity index (χ1) is 11.5. The smallest absolute Gasteiger partial charge is 0.275 e. The van der Waals surface area contributed by atoms with E-state index in [2.05, 4.69) is 38.1 Å². The van der Waals surface area contributed by atoms with Crippen molar-refractivity contribution in [3.63, 3.8) is 0 Å². The SMILES string of the molecule is Cc1[nH]nc(C(=O)N2CCC(C(=O)N3CCN(C)CC3)CC2)c1Br. The van der Waals surface area contributed by atoms with Gasteiger partial charge in [-0.15, -0.1) is 0 Å². The van der Waals surface area contributed by atoms with E-state index in [-0.39, 0.29) is 17.7 Å². The molecular formula is C16H24BrN5O2. The van der Waals surface area contributed by atoms with E-state index in [0.717, 1.165) is 49.2 Å². The largest absolute Gasteiger partial charge is 0.340 e. The van der Waals surface area contributed by atoms with Crippen LogP contribution in [0.4, 0.5) is 0 Å². The topological polar surface area (TPSA) is 72.5 Å². The van der Waals surface area contributed by atoms with E-state index < -0.39 is 0 Å². The Morgan fingerprint density at radius 3 is 2.25 bits per heavy atom. The van der Waals surface area contributed by atoms with Gasteiger partial charge in [0.2, 0.25) is 5.91 Å². The lowest BCUT2D eigenvalue weighted by Gasteiger charge is -2.37. The first kappa shape index (κ1) is 17.4. The van der Waals surface area contributed by atoms with Crippen molar-refractivity contribution in [1.82, 2.24) is 24.9 Å². The molecule has 2 aliphatic heterocycles. The van der Waals surface area contributed by atoms with Crippen molar-refractivity contribution in [2.75, 3.05) is 46.3 Å². The predicted molar refractivity (Wildman–Crippen MR) is 93.7 cm³/mol. The predicted octanol–water partition coefficient (Wildman–Crippen LogP) is 1.11. The molecule has 132 valence electrons. The minimum atomic E-state index is -0.0725. The number of aromatic nitrogens is 2. The normalized spacial score (nSPS) is 20.5. The number of amides is 2. The molecule has 2 saturated heterocycles. The van der Waals surface area contributed by atoms with E-state index in [0.29, 0.717) is 18.8 Å². The number of carbonyl (C=O) groups is 2. The van der Waals surface area contributed by atoms with Gasteiger partial charge >= 0.3 is 0 Å². The molecule has 0 bridgehead atoms. The Morgan fingerprint density at radius 1 is 1.08 bits per heavy atom. The summed E-state index contributed by atoms with van der Waals surface area (Å²) in [5.74, 6) is 0.227. The Morgan fingerprint density at radius 2 is 1.71 bits per heavy atom. The summed E-state index contributed by atoms with van der Waals surface area (Å²) in [4.78, 5) is 31.2. The van der Waals surface area contributed by atoms with E-state index >= 15 is 0 Å². The molecule has 0 radical (unpaired) electrons. The molecule has 0 saturated carbocycles. The Labute approximate surface area is 150 Å². The second-order valence-electron chi connectivity index (χ2n) is 6.71. The molecule has 1 N–H and O–H groups in total. The summed E-state index contributed by atoms with van der Waals surface area (Å²) >= 11 is 3.40. The number of rotatable bonds is 2. The number of hydrogen-bond donors (Lipinski definition) is 1. The quantitative estimate of drug-likeness (QED) is 0.810. The lowest BCUT2D eigenvalue weighted by atomic mass is 9.94. The molecule has 2 aliphatic rings. The second kappa shape index (κ2) is 7.23. The maximum atomic E-state index is 12.6. The third kappa shape index (κ3) is 3.49.